The number of amides is 1. The molecule has 2 aromatic carbocycles. The lowest BCUT2D eigenvalue weighted by atomic mass is 10.1. The van der Waals surface area contributed by atoms with Crippen LogP contribution in [0.15, 0.2) is 73.1 Å². The number of carbonyl (C=O) groups is 1. The van der Waals surface area contributed by atoms with Gasteiger partial charge in [0.2, 0.25) is 5.95 Å². The minimum Gasteiger partial charge on any atom is -0.394 e. The van der Waals surface area contributed by atoms with E-state index in [1.165, 1.54) is 0 Å². The van der Waals surface area contributed by atoms with Crippen LogP contribution in [0.5, 0.6) is 0 Å². The largest absolute Gasteiger partial charge is 0.394 e. The van der Waals surface area contributed by atoms with Gasteiger partial charge in [-0.2, -0.15) is 0 Å². The number of hydrogen-bond donors (Lipinski definition) is 3. The van der Waals surface area contributed by atoms with Crippen molar-refractivity contribution in [2.24, 2.45) is 0 Å². The third-order valence-electron chi connectivity index (χ3n) is 5.84. The highest BCUT2D eigenvalue weighted by Crippen LogP contribution is 2.16. The molecule has 35 heavy (non-hydrogen) atoms. The van der Waals surface area contributed by atoms with Crippen LogP contribution in [0.1, 0.15) is 21.5 Å². The van der Waals surface area contributed by atoms with Crippen molar-refractivity contribution >= 4 is 23.6 Å². The van der Waals surface area contributed by atoms with Crippen molar-refractivity contribution in [1.82, 2.24) is 15.3 Å². The molecular weight excluding hydrogens is 442 g/mol. The van der Waals surface area contributed by atoms with Crippen LogP contribution < -0.4 is 15.5 Å². The van der Waals surface area contributed by atoms with E-state index in [4.69, 9.17) is 4.74 Å². The molecule has 3 N–H and O–H groups in total. The predicted molar refractivity (Wildman–Crippen MR) is 137 cm³/mol. The molecule has 0 aliphatic carbocycles. The molecule has 182 valence electrons. The first-order valence-electron chi connectivity index (χ1n) is 11.8. The minimum atomic E-state index is -0.242. The molecule has 4 rings (SSSR count). The first kappa shape index (κ1) is 24.5. The fraction of sp³-hybridized carbons (Fsp3) is 0.296. The van der Waals surface area contributed by atoms with E-state index in [1.807, 2.05) is 78.6 Å². The lowest BCUT2D eigenvalue weighted by Gasteiger charge is -2.33. The first-order valence-corrected chi connectivity index (χ1v) is 11.8. The summed E-state index contributed by atoms with van der Waals surface area (Å²) in [6, 6.07) is 17.4. The Balaban J connectivity index is 1.30. The van der Waals surface area contributed by atoms with Crippen LogP contribution in [0.25, 0.3) is 6.08 Å². The number of aliphatic hydroxyl groups excluding tert-OH is 1. The molecule has 1 aliphatic rings. The Labute approximate surface area is 205 Å². The van der Waals surface area contributed by atoms with Gasteiger partial charge in [0.25, 0.3) is 5.91 Å². The van der Waals surface area contributed by atoms with Crippen molar-refractivity contribution in [3.05, 3.63) is 89.8 Å². The normalized spacial score (nSPS) is 16.9. The smallest absolute Gasteiger partial charge is 0.258 e. The van der Waals surface area contributed by atoms with Crippen LogP contribution in [0.3, 0.4) is 0 Å². The number of rotatable bonds is 9. The number of aryl methyl sites for hydroxylation is 1. The summed E-state index contributed by atoms with van der Waals surface area (Å²) in [6.07, 6.45) is 6.98. The monoisotopic (exact) mass is 473 g/mol. The number of aliphatic hydroxyl groups is 1. The van der Waals surface area contributed by atoms with Crippen molar-refractivity contribution in [3.63, 3.8) is 0 Å². The van der Waals surface area contributed by atoms with Crippen molar-refractivity contribution < 1.29 is 14.6 Å². The quantitative estimate of drug-likeness (QED) is 0.439. The van der Waals surface area contributed by atoms with Crippen LogP contribution in [0.4, 0.5) is 11.6 Å². The number of nitrogens with one attached hydrogen (secondary N) is 2. The van der Waals surface area contributed by atoms with E-state index >= 15 is 0 Å². The number of para-hydroxylation sites is 1. The zero-order valence-corrected chi connectivity index (χ0v) is 19.8. The molecule has 2 atom stereocenters. The van der Waals surface area contributed by atoms with Gasteiger partial charge < -0.3 is 25.4 Å². The summed E-state index contributed by atoms with van der Waals surface area (Å²) in [7, 11) is 0. The SMILES string of the molecule is Cc1ccccc1NC(=O)c1cnc(N2CCOC(CNC(/C=C/c3ccccc3)CO)C2)nc1. The maximum absolute atomic E-state index is 12.6. The first-order chi connectivity index (χ1) is 17.1. The molecule has 8 nitrogen and oxygen atoms in total. The van der Waals surface area contributed by atoms with Gasteiger partial charge in [-0.15, -0.1) is 0 Å². The number of aromatic nitrogens is 2. The predicted octanol–water partition coefficient (Wildman–Crippen LogP) is 2.91. The van der Waals surface area contributed by atoms with Crippen molar-refractivity contribution in [3.8, 4) is 0 Å². The molecule has 8 heteroatoms. The van der Waals surface area contributed by atoms with Crippen molar-refractivity contribution in [1.29, 1.82) is 0 Å². The van der Waals surface area contributed by atoms with E-state index in [9.17, 15) is 9.90 Å². The van der Waals surface area contributed by atoms with E-state index in [2.05, 4.69) is 20.6 Å². The standard InChI is InChI=1S/C27H31N5O3/c1-20-7-5-6-10-25(20)31-26(34)22-15-29-27(30-16-22)32-13-14-35-24(18-32)17-28-23(19-33)12-11-21-8-3-2-4-9-21/h2-12,15-16,23-24,28,33H,13-14,17-19H2,1H3,(H,31,34)/b12-11+. The highest BCUT2D eigenvalue weighted by atomic mass is 16.5. The van der Waals surface area contributed by atoms with Crippen LogP contribution in [-0.4, -0.2) is 66.0 Å². The van der Waals surface area contributed by atoms with Crippen LogP contribution >= 0.6 is 0 Å². The lowest BCUT2D eigenvalue weighted by Crippen LogP contribution is -2.49. The Bertz CT molecular complexity index is 1120. The van der Waals surface area contributed by atoms with Gasteiger partial charge in [-0.1, -0.05) is 60.7 Å². The molecule has 0 bridgehead atoms. The second kappa shape index (κ2) is 12.2. The Hall–Kier alpha value is -3.59. The zero-order chi connectivity index (χ0) is 24.5. The van der Waals surface area contributed by atoms with Crippen LogP contribution in [-0.2, 0) is 4.74 Å². The summed E-state index contributed by atoms with van der Waals surface area (Å²) in [5.41, 5.74) is 3.25. The number of morpholine rings is 1. The summed E-state index contributed by atoms with van der Waals surface area (Å²) in [5, 5.41) is 16.0. The molecule has 0 saturated carbocycles. The summed E-state index contributed by atoms with van der Waals surface area (Å²) in [6.45, 7) is 4.35. The molecule has 1 aromatic heterocycles. The number of carbonyl (C=O) groups excluding carboxylic acids is 1. The fourth-order valence-electron chi connectivity index (χ4n) is 3.80. The van der Waals surface area contributed by atoms with Gasteiger partial charge in [0.05, 0.1) is 24.9 Å². The second-order valence-electron chi connectivity index (χ2n) is 8.45. The average Bonchev–Trinajstić information content (AvgIpc) is 2.91. The second-order valence-corrected chi connectivity index (χ2v) is 8.45. The fourth-order valence-corrected chi connectivity index (χ4v) is 3.80. The van der Waals surface area contributed by atoms with E-state index in [0.717, 1.165) is 16.8 Å². The van der Waals surface area contributed by atoms with Gasteiger partial charge in [0.15, 0.2) is 0 Å². The summed E-state index contributed by atoms with van der Waals surface area (Å²) < 4.78 is 5.90. The van der Waals surface area contributed by atoms with E-state index < -0.39 is 0 Å². The van der Waals surface area contributed by atoms with Gasteiger partial charge in [-0.3, -0.25) is 4.79 Å². The highest BCUT2D eigenvalue weighted by Gasteiger charge is 2.23. The third kappa shape index (κ3) is 6.95. The van der Waals surface area contributed by atoms with Crippen LogP contribution in [0.2, 0.25) is 0 Å². The van der Waals surface area contributed by atoms with Gasteiger partial charge in [-0.05, 0) is 24.1 Å². The summed E-state index contributed by atoms with van der Waals surface area (Å²) in [5.74, 6) is 0.321. The highest BCUT2D eigenvalue weighted by molar-refractivity contribution is 6.04. The molecule has 0 radical (unpaired) electrons. The summed E-state index contributed by atoms with van der Waals surface area (Å²) in [4.78, 5) is 23.5. The topological polar surface area (TPSA) is 99.6 Å². The van der Waals surface area contributed by atoms with Gasteiger partial charge >= 0.3 is 0 Å². The molecule has 1 fully saturated rings. The van der Waals surface area contributed by atoms with Gasteiger partial charge in [0, 0.05) is 43.8 Å². The average molecular weight is 474 g/mol. The Kier molecular flexibility index (Phi) is 8.56. The number of anilines is 2. The molecule has 0 spiro atoms. The Morgan fingerprint density at radius 3 is 2.66 bits per heavy atom. The minimum absolute atomic E-state index is 0.00505. The van der Waals surface area contributed by atoms with Crippen molar-refractivity contribution in [2.75, 3.05) is 43.1 Å². The van der Waals surface area contributed by atoms with Crippen LogP contribution in [0, 0.1) is 6.92 Å². The zero-order valence-electron chi connectivity index (χ0n) is 19.8. The maximum atomic E-state index is 12.6. The molecule has 2 unspecified atom stereocenters. The Morgan fingerprint density at radius 2 is 1.91 bits per heavy atom. The van der Waals surface area contributed by atoms with E-state index in [0.29, 0.717) is 37.8 Å². The number of benzene rings is 2. The van der Waals surface area contributed by atoms with E-state index in [-0.39, 0.29) is 24.7 Å². The number of nitrogens with zero attached hydrogens (tertiary/aromatic N) is 3. The molecular formula is C27H31N5O3. The molecule has 1 amide bonds. The molecule has 1 aliphatic heterocycles. The van der Waals surface area contributed by atoms with Crippen molar-refractivity contribution in [2.45, 2.75) is 19.1 Å². The Morgan fingerprint density at radius 1 is 1.17 bits per heavy atom. The number of ether oxygens (including phenoxy) is 1. The molecule has 3 aromatic rings. The van der Waals surface area contributed by atoms with E-state index in [1.54, 1.807) is 12.4 Å². The molecule has 2 heterocycles. The maximum Gasteiger partial charge on any atom is 0.258 e. The summed E-state index contributed by atoms with van der Waals surface area (Å²) >= 11 is 0. The number of hydrogen-bond acceptors (Lipinski definition) is 7. The lowest BCUT2D eigenvalue weighted by molar-refractivity contribution is 0.0383. The van der Waals surface area contributed by atoms with Gasteiger partial charge in [-0.25, -0.2) is 9.97 Å². The third-order valence-corrected chi connectivity index (χ3v) is 5.84. The molecule has 1 saturated heterocycles. The van der Waals surface area contributed by atoms with Gasteiger partial charge in [0.1, 0.15) is 0 Å².